The number of rotatable bonds is 7. The number of nitrogens with zero attached hydrogens (tertiary/aromatic N) is 1. The van der Waals surface area contributed by atoms with Crippen LogP contribution in [0.3, 0.4) is 0 Å². The number of hydrogen-bond donors (Lipinski definition) is 2. The number of aromatic nitrogens is 1. The zero-order valence-corrected chi connectivity index (χ0v) is 13.0. The molecule has 1 aromatic heterocycles. The monoisotopic (exact) mass is 303 g/mol. The van der Waals surface area contributed by atoms with Crippen LogP contribution in [0.5, 0.6) is 0 Å². The zero-order chi connectivity index (χ0) is 15.6. The van der Waals surface area contributed by atoms with E-state index in [1.807, 2.05) is 0 Å². The van der Waals surface area contributed by atoms with Crippen LogP contribution in [0.4, 0.5) is 0 Å². The largest absolute Gasteiger partial charge is 0.356 e. The van der Waals surface area contributed by atoms with Gasteiger partial charge in [0.15, 0.2) is 0 Å². The van der Waals surface area contributed by atoms with Crippen molar-refractivity contribution in [2.24, 2.45) is 5.92 Å². The Balaban J connectivity index is 1.53. The summed E-state index contributed by atoms with van der Waals surface area (Å²) in [7, 11) is 0. The Bertz CT molecular complexity index is 470. The van der Waals surface area contributed by atoms with Crippen LogP contribution in [0.1, 0.15) is 55.3 Å². The van der Waals surface area contributed by atoms with Gasteiger partial charge in [-0.15, -0.1) is 0 Å². The van der Waals surface area contributed by atoms with Crippen LogP contribution >= 0.6 is 0 Å². The third-order valence-electron chi connectivity index (χ3n) is 4.08. The number of hydrogen-bond acceptors (Lipinski definition) is 3. The molecule has 1 aliphatic carbocycles. The van der Waals surface area contributed by atoms with E-state index in [0.717, 1.165) is 6.42 Å². The first kappa shape index (κ1) is 16.5. The summed E-state index contributed by atoms with van der Waals surface area (Å²) in [5.41, 5.74) is 0.559. The summed E-state index contributed by atoms with van der Waals surface area (Å²) >= 11 is 0. The minimum Gasteiger partial charge on any atom is -0.356 e. The first-order valence-electron chi connectivity index (χ1n) is 8.20. The molecule has 5 nitrogen and oxygen atoms in total. The molecule has 2 amide bonds. The normalized spacial score (nSPS) is 15.3. The Morgan fingerprint density at radius 2 is 1.91 bits per heavy atom. The van der Waals surface area contributed by atoms with Crippen LogP contribution in [-0.4, -0.2) is 29.9 Å². The van der Waals surface area contributed by atoms with Gasteiger partial charge in [-0.2, -0.15) is 0 Å². The van der Waals surface area contributed by atoms with E-state index >= 15 is 0 Å². The van der Waals surface area contributed by atoms with E-state index in [-0.39, 0.29) is 11.8 Å². The van der Waals surface area contributed by atoms with Gasteiger partial charge < -0.3 is 10.6 Å². The molecule has 1 saturated carbocycles. The van der Waals surface area contributed by atoms with Gasteiger partial charge in [0.1, 0.15) is 0 Å². The van der Waals surface area contributed by atoms with Gasteiger partial charge in [-0.1, -0.05) is 19.3 Å². The standard InChI is InChI=1S/C17H25N3O2/c21-16(12-14-6-2-1-3-7-14)19-10-5-11-20-17(22)15-8-4-9-18-13-15/h4,8-9,13-14H,1-3,5-7,10-12H2,(H,19,21)(H,20,22). The molecule has 1 aromatic rings. The average molecular weight is 303 g/mol. The Morgan fingerprint density at radius 1 is 1.14 bits per heavy atom. The average Bonchev–Trinajstić information content (AvgIpc) is 2.56. The molecule has 0 aliphatic heterocycles. The van der Waals surface area contributed by atoms with Gasteiger partial charge in [0, 0.05) is 31.9 Å². The van der Waals surface area contributed by atoms with Crippen molar-refractivity contribution in [2.75, 3.05) is 13.1 Å². The molecule has 1 aliphatic rings. The van der Waals surface area contributed by atoms with Crippen LogP contribution < -0.4 is 10.6 Å². The van der Waals surface area contributed by atoms with Crippen molar-refractivity contribution in [2.45, 2.75) is 44.9 Å². The minimum absolute atomic E-state index is 0.123. The summed E-state index contributed by atoms with van der Waals surface area (Å²) < 4.78 is 0. The van der Waals surface area contributed by atoms with Gasteiger partial charge in [0.25, 0.3) is 5.91 Å². The third kappa shape index (κ3) is 5.84. The first-order valence-corrected chi connectivity index (χ1v) is 8.20. The molecular formula is C17H25N3O2. The highest BCUT2D eigenvalue weighted by atomic mass is 16.2. The van der Waals surface area contributed by atoms with Gasteiger partial charge in [-0.25, -0.2) is 0 Å². The lowest BCUT2D eigenvalue weighted by atomic mass is 9.87. The SMILES string of the molecule is O=C(CC1CCCCC1)NCCCNC(=O)c1cccnc1. The maximum atomic E-state index is 11.8. The topological polar surface area (TPSA) is 71.1 Å². The van der Waals surface area contributed by atoms with E-state index in [1.165, 1.54) is 32.1 Å². The molecule has 0 aromatic carbocycles. The minimum atomic E-state index is -0.123. The Labute approximate surface area is 131 Å². The summed E-state index contributed by atoms with van der Waals surface area (Å²) in [6, 6.07) is 3.47. The van der Waals surface area contributed by atoms with Gasteiger partial charge in [-0.05, 0) is 37.3 Å². The molecule has 22 heavy (non-hydrogen) atoms. The van der Waals surface area contributed by atoms with Gasteiger partial charge in [0.2, 0.25) is 5.91 Å². The predicted octanol–water partition coefficient (Wildman–Crippen LogP) is 2.29. The number of pyridine rings is 1. The van der Waals surface area contributed by atoms with Crippen molar-refractivity contribution in [1.82, 2.24) is 15.6 Å². The second-order valence-electron chi connectivity index (χ2n) is 5.91. The molecule has 0 unspecified atom stereocenters. The molecule has 0 atom stereocenters. The van der Waals surface area contributed by atoms with Crippen molar-refractivity contribution < 1.29 is 9.59 Å². The zero-order valence-electron chi connectivity index (χ0n) is 13.0. The molecule has 0 saturated heterocycles. The summed E-state index contributed by atoms with van der Waals surface area (Å²) in [6.07, 6.45) is 10.8. The van der Waals surface area contributed by atoms with Crippen molar-refractivity contribution in [3.05, 3.63) is 30.1 Å². The Morgan fingerprint density at radius 3 is 2.64 bits per heavy atom. The number of carbonyl (C=O) groups excluding carboxylic acids is 2. The Hall–Kier alpha value is -1.91. The number of carbonyl (C=O) groups is 2. The van der Waals surface area contributed by atoms with E-state index in [0.29, 0.717) is 31.0 Å². The number of amides is 2. The second-order valence-corrected chi connectivity index (χ2v) is 5.91. The highest BCUT2D eigenvalue weighted by Crippen LogP contribution is 2.25. The fraction of sp³-hybridized carbons (Fsp3) is 0.588. The van der Waals surface area contributed by atoms with Crippen LogP contribution in [0.2, 0.25) is 0 Å². The van der Waals surface area contributed by atoms with E-state index in [2.05, 4.69) is 15.6 Å². The van der Waals surface area contributed by atoms with E-state index in [9.17, 15) is 9.59 Å². The fourth-order valence-corrected chi connectivity index (χ4v) is 2.84. The van der Waals surface area contributed by atoms with E-state index in [1.54, 1.807) is 24.5 Å². The van der Waals surface area contributed by atoms with Crippen LogP contribution in [0.25, 0.3) is 0 Å². The fourth-order valence-electron chi connectivity index (χ4n) is 2.84. The van der Waals surface area contributed by atoms with Crippen LogP contribution in [0, 0.1) is 5.92 Å². The van der Waals surface area contributed by atoms with Crippen molar-refractivity contribution in [1.29, 1.82) is 0 Å². The van der Waals surface area contributed by atoms with E-state index in [4.69, 9.17) is 0 Å². The van der Waals surface area contributed by atoms with E-state index < -0.39 is 0 Å². The third-order valence-corrected chi connectivity index (χ3v) is 4.08. The highest BCUT2D eigenvalue weighted by Gasteiger charge is 2.16. The summed E-state index contributed by atoms with van der Waals surface area (Å²) in [4.78, 5) is 27.5. The van der Waals surface area contributed by atoms with Gasteiger partial charge in [-0.3, -0.25) is 14.6 Å². The maximum absolute atomic E-state index is 11.8. The molecule has 0 bridgehead atoms. The number of nitrogens with one attached hydrogen (secondary N) is 2. The lowest BCUT2D eigenvalue weighted by Crippen LogP contribution is -2.31. The molecule has 2 N–H and O–H groups in total. The molecule has 1 heterocycles. The summed E-state index contributed by atoms with van der Waals surface area (Å²) in [6.45, 7) is 1.16. The smallest absolute Gasteiger partial charge is 0.252 e. The summed E-state index contributed by atoms with van der Waals surface area (Å²) in [5.74, 6) is 0.589. The van der Waals surface area contributed by atoms with Gasteiger partial charge in [0.05, 0.1) is 5.56 Å². The molecule has 120 valence electrons. The molecule has 5 heteroatoms. The first-order chi connectivity index (χ1) is 10.8. The highest BCUT2D eigenvalue weighted by molar-refractivity contribution is 5.93. The van der Waals surface area contributed by atoms with Gasteiger partial charge >= 0.3 is 0 Å². The maximum Gasteiger partial charge on any atom is 0.252 e. The summed E-state index contributed by atoms with van der Waals surface area (Å²) in [5, 5.41) is 5.76. The lowest BCUT2D eigenvalue weighted by molar-refractivity contribution is -0.122. The molecular weight excluding hydrogens is 278 g/mol. The van der Waals surface area contributed by atoms with Crippen molar-refractivity contribution in [3.8, 4) is 0 Å². The van der Waals surface area contributed by atoms with Crippen LogP contribution in [0.15, 0.2) is 24.5 Å². The predicted molar refractivity (Wildman–Crippen MR) is 85.4 cm³/mol. The van der Waals surface area contributed by atoms with Crippen LogP contribution in [-0.2, 0) is 4.79 Å². The molecule has 0 radical (unpaired) electrons. The Kier molecular flexibility index (Phi) is 6.87. The molecule has 2 rings (SSSR count). The van der Waals surface area contributed by atoms with Crippen molar-refractivity contribution in [3.63, 3.8) is 0 Å². The van der Waals surface area contributed by atoms with Crippen molar-refractivity contribution >= 4 is 11.8 Å². The lowest BCUT2D eigenvalue weighted by Gasteiger charge is -2.20. The quantitative estimate of drug-likeness (QED) is 0.759. The molecule has 0 spiro atoms. The molecule has 1 fully saturated rings. The second kappa shape index (κ2) is 9.18.